The Balaban J connectivity index is 0.000000568. The molecule has 11 nitrogen and oxygen atoms in total. The van der Waals surface area contributed by atoms with Crippen molar-refractivity contribution in [1.29, 1.82) is 0 Å². The van der Waals surface area contributed by atoms with Crippen molar-refractivity contribution in [2.45, 2.75) is 32.7 Å². The molecule has 0 radical (unpaired) electrons. The first-order valence-electron chi connectivity index (χ1n) is 8.04. The fourth-order valence-electron chi connectivity index (χ4n) is 2.08. The highest BCUT2D eigenvalue weighted by Gasteiger charge is 2.28. The highest BCUT2D eigenvalue weighted by Crippen LogP contribution is 2.35. The molecule has 0 saturated carbocycles. The summed E-state index contributed by atoms with van der Waals surface area (Å²) in [5.41, 5.74) is 12.5. The molecule has 2 heterocycles. The summed E-state index contributed by atoms with van der Waals surface area (Å²) in [4.78, 5) is 11.1. The molecule has 1 amide bonds. The molecular formula is C16H25N5O6S. The minimum absolute atomic E-state index is 0.237. The summed E-state index contributed by atoms with van der Waals surface area (Å²) in [7, 11) is -1.66. The summed E-state index contributed by atoms with van der Waals surface area (Å²) >= 11 is 0. The van der Waals surface area contributed by atoms with Crippen molar-refractivity contribution in [1.82, 2.24) is 9.78 Å². The quantitative estimate of drug-likeness (QED) is 0.405. The number of rotatable bonds is 4. The molecule has 0 saturated heterocycles. The number of anilines is 1. The summed E-state index contributed by atoms with van der Waals surface area (Å²) < 4.78 is 39.6. The molecular weight excluding hydrogens is 390 g/mol. The van der Waals surface area contributed by atoms with Crippen LogP contribution in [-0.2, 0) is 33.6 Å². The minimum atomic E-state index is -4.41. The zero-order chi connectivity index (χ0) is 21.7. The van der Waals surface area contributed by atoms with Crippen molar-refractivity contribution in [3.8, 4) is 5.75 Å². The molecule has 0 aliphatic rings. The maximum atomic E-state index is 11.1. The van der Waals surface area contributed by atoms with E-state index in [0.717, 1.165) is 12.7 Å². The van der Waals surface area contributed by atoms with Crippen molar-refractivity contribution in [2.24, 2.45) is 12.8 Å². The molecule has 0 aliphatic carbocycles. The maximum absolute atomic E-state index is 11.1. The molecule has 2 rings (SSSR count). The van der Waals surface area contributed by atoms with Crippen LogP contribution in [0, 0.1) is 0 Å². The summed E-state index contributed by atoms with van der Waals surface area (Å²) in [6, 6.07) is 3.96. The van der Waals surface area contributed by atoms with Crippen molar-refractivity contribution in [2.75, 3.05) is 12.8 Å². The average molecular weight is 415 g/mol. The van der Waals surface area contributed by atoms with Crippen LogP contribution in [0.2, 0.25) is 0 Å². The molecule has 12 heteroatoms. The molecule has 2 aromatic heterocycles. The van der Waals surface area contributed by atoms with Crippen LogP contribution in [0.3, 0.4) is 0 Å². The smallest absolute Gasteiger partial charge is 0.410 e. The predicted octanol–water partition coefficient (Wildman–Crippen LogP) is 0.186. The number of nitrogens with two attached hydrogens (primary N) is 2. The first kappa shape index (κ1) is 23.3. The van der Waals surface area contributed by atoms with Gasteiger partial charge < -0.3 is 20.8 Å². The van der Waals surface area contributed by atoms with Gasteiger partial charge in [0.05, 0.1) is 13.7 Å². The van der Waals surface area contributed by atoms with E-state index in [4.69, 9.17) is 16.2 Å². The number of carbonyl (C=O) groups excluding carboxylic acids is 1. The second kappa shape index (κ2) is 8.99. The van der Waals surface area contributed by atoms with E-state index in [2.05, 4.69) is 9.28 Å². The van der Waals surface area contributed by atoms with E-state index in [1.54, 1.807) is 4.68 Å². The van der Waals surface area contributed by atoms with Crippen molar-refractivity contribution < 1.29 is 31.3 Å². The van der Waals surface area contributed by atoms with Crippen LogP contribution in [0.4, 0.5) is 10.6 Å². The molecule has 156 valence electrons. The van der Waals surface area contributed by atoms with E-state index >= 15 is 0 Å². The van der Waals surface area contributed by atoms with Crippen LogP contribution < -0.4 is 20.8 Å². The van der Waals surface area contributed by atoms with Crippen LogP contribution in [0.1, 0.15) is 32.0 Å². The lowest BCUT2D eigenvalue weighted by atomic mass is 9.92. The molecule has 28 heavy (non-hydrogen) atoms. The van der Waals surface area contributed by atoms with E-state index in [-0.39, 0.29) is 17.0 Å². The Hall–Kier alpha value is -2.70. The first-order chi connectivity index (χ1) is 12.7. The lowest BCUT2D eigenvalue weighted by Gasteiger charge is -2.16. The van der Waals surface area contributed by atoms with Gasteiger partial charge in [0.15, 0.2) is 24.0 Å². The van der Waals surface area contributed by atoms with Crippen LogP contribution >= 0.6 is 0 Å². The second-order valence-corrected chi connectivity index (χ2v) is 7.99. The summed E-state index contributed by atoms with van der Waals surface area (Å²) in [6.07, 6.45) is 2.99. The van der Waals surface area contributed by atoms with E-state index < -0.39 is 16.5 Å². The van der Waals surface area contributed by atoms with E-state index in [1.165, 1.54) is 0 Å². The molecule has 0 aliphatic heterocycles. The van der Waals surface area contributed by atoms with Gasteiger partial charge in [-0.3, -0.25) is 4.18 Å². The normalized spacial score (nSPS) is 11.5. The lowest BCUT2D eigenvalue weighted by Crippen LogP contribution is -2.26. The number of aryl methyl sites for hydroxylation is 1. The fourth-order valence-corrected chi connectivity index (χ4v) is 2.08. The zero-order valence-electron chi connectivity index (χ0n) is 16.4. The van der Waals surface area contributed by atoms with Crippen LogP contribution in [0.15, 0.2) is 24.5 Å². The number of hydrogen-bond donors (Lipinski definition) is 2. The van der Waals surface area contributed by atoms with Gasteiger partial charge in [-0.25, -0.2) is 22.5 Å². The summed E-state index contributed by atoms with van der Waals surface area (Å²) in [5.74, 6) is 0.526. The number of nitrogens with zero attached hydrogens (tertiary/aromatic N) is 3. The summed E-state index contributed by atoms with van der Waals surface area (Å²) in [5, 5.41) is 4.50. The van der Waals surface area contributed by atoms with Crippen molar-refractivity contribution >= 4 is 22.3 Å². The Morgan fingerprint density at radius 1 is 1.32 bits per heavy atom. The van der Waals surface area contributed by atoms with Gasteiger partial charge >= 0.3 is 6.09 Å². The largest absolute Gasteiger partial charge is 0.726 e. The van der Waals surface area contributed by atoms with Gasteiger partial charge in [-0.2, -0.15) is 5.10 Å². The number of nitrogen functional groups attached to an aromatic ring is 1. The predicted molar refractivity (Wildman–Crippen MR) is 99.0 cm³/mol. The fraction of sp³-hybridized carbons (Fsp3) is 0.438. The highest BCUT2D eigenvalue weighted by molar-refractivity contribution is 7.80. The van der Waals surface area contributed by atoms with Crippen molar-refractivity contribution in [3.63, 3.8) is 0 Å². The second-order valence-electron chi connectivity index (χ2n) is 6.84. The molecule has 2 aromatic rings. The Labute approximate surface area is 163 Å². The van der Waals surface area contributed by atoms with Gasteiger partial charge in [-0.1, -0.05) is 20.8 Å². The van der Waals surface area contributed by atoms with Crippen LogP contribution in [0.25, 0.3) is 0 Å². The number of aromatic nitrogens is 3. The average Bonchev–Trinajstić information content (AvgIpc) is 2.86. The standard InChI is InChI=1S/C15H21N5O2.CH4O4S/c1-15(2,3)12-11(22-14(17)21)13(16)20(18-12)9-10-5-7-19(4)8-6-10;1-5-6(2,3)4/h5-8H,9H2,1-4H3,(H3-,16,17,18,21);1H3,(H,2,3,4). The SMILES string of the molecule is COS(=O)(=O)[O-].C[n+]1ccc(Cn2nc(C(C)(C)C)c(OC(N)=O)c2N)cc1. The van der Waals surface area contributed by atoms with Gasteiger partial charge in [0.2, 0.25) is 10.4 Å². The van der Waals surface area contributed by atoms with Gasteiger partial charge in [0, 0.05) is 17.5 Å². The first-order valence-corrected chi connectivity index (χ1v) is 9.37. The third kappa shape index (κ3) is 7.13. The Morgan fingerprint density at radius 3 is 2.21 bits per heavy atom. The molecule has 0 bridgehead atoms. The van der Waals surface area contributed by atoms with E-state index in [9.17, 15) is 17.8 Å². The molecule has 0 fully saturated rings. The Kier molecular flexibility index (Phi) is 7.50. The lowest BCUT2D eigenvalue weighted by molar-refractivity contribution is -0.671. The van der Waals surface area contributed by atoms with Gasteiger partial charge in [0.1, 0.15) is 12.7 Å². The molecule has 0 atom stereocenters. The van der Waals surface area contributed by atoms with Gasteiger partial charge in [-0.05, 0) is 5.56 Å². The minimum Gasteiger partial charge on any atom is -0.726 e. The van der Waals surface area contributed by atoms with Crippen molar-refractivity contribution in [3.05, 3.63) is 35.8 Å². The highest BCUT2D eigenvalue weighted by atomic mass is 32.3. The molecule has 0 spiro atoms. The van der Waals surface area contributed by atoms with E-state index in [1.807, 2.05) is 56.9 Å². The van der Waals surface area contributed by atoms with Gasteiger partial charge in [-0.15, -0.1) is 0 Å². The van der Waals surface area contributed by atoms with E-state index in [0.29, 0.717) is 12.2 Å². The van der Waals surface area contributed by atoms with Crippen LogP contribution in [-0.4, -0.2) is 36.0 Å². The summed E-state index contributed by atoms with van der Waals surface area (Å²) in [6.45, 7) is 6.39. The molecule has 4 N–H and O–H groups in total. The van der Waals surface area contributed by atoms with Gasteiger partial charge in [0.25, 0.3) is 0 Å². The third-order valence-corrected chi connectivity index (χ3v) is 3.85. The number of amides is 1. The number of ether oxygens (including phenoxy) is 1. The Morgan fingerprint density at radius 2 is 1.82 bits per heavy atom. The number of carbonyl (C=O) groups is 1. The maximum Gasteiger partial charge on any atom is 0.410 e. The number of pyridine rings is 1. The zero-order valence-corrected chi connectivity index (χ0v) is 17.2. The Bertz CT molecular complexity index is 916. The third-order valence-electron chi connectivity index (χ3n) is 3.44. The topological polar surface area (TPSA) is 166 Å². The number of primary amides is 1. The van der Waals surface area contributed by atoms with Crippen LogP contribution in [0.5, 0.6) is 5.75 Å². The monoisotopic (exact) mass is 415 g/mol. The molecule has 0 aromatic carbocycles. The number of hydrogen-bond acceptors (Lipinski definition) is 8. The molecule has 0 unspecified atom stereocenters.